The number of aromatic nitrogens is 6. The van der Waals surface area contributed by atoms with E-state index in [1.807, 2.05) is 13.8 Å². The zero-order valence-corrected chi connectivity index (χ0v) is 24.7. The lowest BCUT2D eigenvalue weighted by Crippen LogP contribution is -2.32. The zero-order chi connectivity index (χ0) is 32.7. The van der Waals surface area contributed by atoms with Gasteiger partial charge in [0.15, 0.2) is 17.3 Å². The minimum absolute atomic E-state index is 0.0296. The van der Waals surface area contributed by atoms with Gasteiger partial charge in [-0.2, -0.15) is 13.2 Å². The molecule has 16 heteroatoms. The summed E-state index contributed by atoms with van der Waals surface area (Å²) in [5.41, 5.74) is -2.16. The molecule has 2 bridgehead atoms. The predicted molar refractivity (Wildman–Crippen MR) is 150 cm³/mol. The molecule has 1 aromatic carbocycles. The van der Waals surface area contributed by atoms with Gasteiger partial charge in [-0.3, -0.25) is 4.57 Å². The number of imidazole rings is 1. The van der Waals surface area contributed by atoms with Crippen LogP contribution in [0.15, 0.2) is 36.9 Å². The van der Waals surface area contributed by atoms with E-state index in [4.69, 9.17) is 14.2 Å². The van der Waals surface area contributed by atoms with E-state index in [9.17, 15) is 33.6 Å². The number of halogens is 3. The second-order valence-electron chi connectivity index (χ2n) is 10.2. The average molecular weight is 633 g/mol. The average Bonchev–Trinajstić information content (AvgIpc) is 3.74. The first-order valence-electron chi connectivity index (χ1n) is 14.0. The molecule has 1 saturated carbocycles. The molecular formula is C29H31F3N6O7. The first kappa shape index (κ1) is 32.0. The molecule has 1 aliphatic carbocycles. The highest BCUT2D eigenvalue weighted by molar-refractivity contribution is 5.67. The number of nitrogens with zero attached hydrogens (tertiary/aromatic N) is 6. The highest BCUT2D eigenvalue weighted by atomic mass is 19.4. The van der Waals surface area contributed by atoms with Crippen molar-refractivity contribution in [1.29, 1.82) is 0 Å². The SMILES string of the molecule is CC.COc1cnc2nc1C(C)(O)c1ccc(-c3nc(C(F)(F)F)cn3C(O)(O)O)cc1OCCOc1ncnc(C3CC3)c1-2. The Hall–Kier alpha value is -4.38. The van der Waals surface area contributed by atoms with Crippen LogP contribution in [0.1, 0.15) is 62.2 Å². The molecule has 0 spiro atoms. The molecule has 3 aromatic heterocycles. The summed E-state index contributed by atoms with van der Waals surface area (Å²) in [6.07, 6.45) is -3.80. The van der Waals surface area contributed by atoms with Crippen LogP contribution >= 0.6 is 0 Å². The number of fused-ring (bicyclic) bond motifs is 5. The van der Waals surface area contributed by atoms with Gasteiger partial charge in [0.25, 0.3) is 0 Å². The minimum Gasteiger partial charge on any atom is -0.493 e. The molecule has 4 N–H and O–H groups in total. The molecule has 4 heterocycles. The van der Waals surface area contributed by atoms with Crippen molar-refractivity contribution in [2.45, 2.75) is 57.4 Å². The van der Waals surface area contributed by atoms with Crippen LogP contribution in [-0.4, -0.2) is 70.2 Å². The highest BCUT2D eigenvalue weighted by Crippen LogP contribution is 2.46. The Labute approximate surface area is 255 Å². The topological polar surface area (TPSA) is 178 Å². The van der Waals surface area contributed by atoms with Crippen molar-refractivity contribution < 1.29 is 47.8 Å². The summed E-state index contributed by atoms with van der Waals surface area (Å²) in [5.74, 6) is 0.0347. The van der Waals surface area contributed by atoms with Gasteiger partial charge in [0.2, 0.25) is 5.88 Å². The van der Waals surface area contributed by atoms with Gasteiger partial charge in [-0.15, -0.1) is 0 Å². The Morgan fingerprint density at radius 3 is 2.38 bits per heavy atom. The summed E-state index contributed by atoms with van der Waals surface area (Å²) in [4.78, 5) is 21.3. The summed E-state index contributed by atoms with van der Waals surface area (Å²) < 4.78 is 57.8. The van der Waals surface area contributed by atoms with Crippen LogP contribution in [0.3, 0.4) is 0 Å². The standard InChI is InChI=1S/C27H25F3N6O7.C2H6/c1-25(37)15-6-5-14(23-34-18(26(28,29)30)11-36(23)27(38,39)40)9-16(15)42-7-8-43-24-19(20(13-3-4-13)32-12-33-24)22-31-10-17(41-2)21(25)35-22;1-2/h5-6,9-13,37-40H,3-4,7-8H2,1-2H3;1-2H3. The fraction of sp³-hybridized carbons (Fsp3) is 0.414. The van der Waals surface area contributed by atoms with Crippen molar-refractivity contribution in [3.8, 4) is 40.2 Å². The Morgan fingerprint density at radius 1 is 1.02 bits per heavy atom. The van der Waals surface area contributed by atoms with Crippen molar-refractivity contribution in [2.24, 2.45) is 0 Å². The molecule has 4 aromatic rings. The van der Waals surface area contributed by atoms with Crippen molar-refractivity contribution in [1.82, 2.24) is 29.5 Å². The fourth-order valence-corrected chi connectivity index (χ4v) is 4.91. The molecule has 6 rings (SSSR count). The van der Waals surface area contributed by atoms with Crippen LogP contribution in [-0.2, 0) is 17.9 Å². The lowest BCUT2D eigenvalue weighted by molar-refractivity contribution is -0.374. The maximum absolute atomic E-state index is 13.4. The van der Waals surface area contributed by atoms with E-state index in [2.05, 4.69) is 24.9 Å². The maximum atomic E-state index is 13.4. The lowest BCUT2D eigenvalue weighted by Gasteiger charge is -2.28. The van der Waals surface area contributed by atoms with Crippen molar-refractivity contribution in [2.75, 3.05) is 20.3 Å². The van der Waals surface area contributed by atoms with E-state index in [0.29, 0.717) is 11.3 Å². The maximum Gasteiger partial charge on any atom is 0.434 e. The molecule has 1 aliphatic heterocycles. The van der Waals surface area contributed by atoms with Gasteiger partial charge < -0.3 is 34.6 Å². The summed E-state index contributed by atoms with van der Waals surface area (Å²) in [5, 5.41) is 41.2. The van der Waals surface area contributed by atoms with E-state index in [1.54, 1.807) is 0 Å². The molecular weight excluding hydrogens is 601 g/mol. The number of hydrogen-bond donors (Lipinski definition) is 4. The monoisotopic (exact) mass is 632 g/mol. The molecule has 0 saturated heterocycles. The largest absolute Gasteiger partial charge is 0.493 e. The predicted octanol–water partition coefficient (Wildman–Crippen LogP) is 3.30. The number of aliphatic hydroxyl groups is 4. The van der Waals surface area contributed by atoms with Gasteiger partial charge >= 0.3 is 12.3 Å². The number of alkyl halides is 3. The summed E-state index contributed by atoms with van der Waals surface area (Å²) in [6.45, 7) is 5.29. The van der Waals surface area contributed by atoms with Crippen LogP contribution in [0.5, 0.6) is 17.4 Å². The van der Waals surface area contributed by atoms with E-state index >= 15 is 0 Å². The van der Waals surface area contributed by atoms with Crippen LogP contribution in [0.2, 0.25) is 0 Å². The molecule has 13 nitrogen and oxygen atoms in total. The fourth-order valence-electron chi connectivity index (χ4n) is 4.91. The third-order valence-corrected chi connectivity index (χ3v) is 7.13. The van der Waals surface area contributed by atoms with E-state index in [-0.39, 0.29) is 69.9 Å². The Balaban J connectivity index is 0.00000196. The smallest absolute Gasteiger partial charge is 0.434 e. The molecule has 0 radical (unpaired) electrons. The van der Waals surface area contributed by atoms with Gasteiger partial charge in [-0.05, 0) is 25.8 Å². The van der Waals surface area contributed by atoms with Gasteiger partial charge in [-0.25, -0.2) is 24.9 Å². The lowest BCUT2D eigenvalue weighted by atomic mass is 9.89. The van der Waals surface area contributed by atoms with Gasteiger partial charge in [0, 0.05) is 23.2 Å². The second-order valence-corrected chi connectivity index (χ2v) is 10.2. The number of hydrogen-bond acceptors (Lipinski definition) is 12. The summed E-state index contributed by atoms with van der Waals surface area (Å²) in [7, 11) is 1.38. The van der Waals surface area contributed by atoms with Gasteiger partial charge in [0.1, 0.15) is 48.0 Å². The molecule has 1 unspecified atom stereocenters. The molecule has 2 aliphatic rings. The van der Waals surface area contributed by atoms with Crippen LogP contribution in [0.4, 0.5) is 13.2 Å². The number of ether oxygens (including phenoxy) is 3. The zero-order valence-electron chi connectivity index (χ0n) is 24.7. The third-order valence-electron chi connectivity index (χ3n) is 7.13. The van der Waals surface area contributed by atoms with E-state index in [0.717, 1.165) is 12.8 Å². The van der Waals surface area contributed by atoms with E-state index in [1.165, 1.54) is 44.8 Å². The van der Waals surface area contributed by atoms with Crippen LogP contribution in [0, 0.1) is 0 Å². The first-order valence-corrected chi connectivity index (χ1v) is 14.0. The Bertz CT molecular complexity index is 1700. The second kappa shape index (κ2) is 11.8. The normalized spacial score (nSPS) is 18.1. The van der Waals surface area contributed by atoms with Crippen molar-refractivity contribution >= 4 is 0 Å². The van der Waals surface area contributed by atoms with Gasteiger partial charge in [-0.1, -0.05) is 26.0 Å². The quantitative estimate of drug-likeness (QED) is 0.242. The number of methoxy groups -OCH3 is 1. The van der Waals surface area contributed by atoms with Gasteiger partial charge in [0.05, 0.1) is 19.0 Å². The highest BCUT2D eigenvalue weighted by Gasteiger charge is 2.40. The first-order chi connectivity index (χ1) is 21.3. The number of rotatable bonds is 4. The van der Waals surface area contributed by atoms with Crippen molar-refractivity contribution in [3.05, 3.63) is 59.6 Å². The third kappa shape index (κ3) is 6.13. The minimum atomic E-state index is -4.96. The molecule has 0 amide bonds. The Kier molecular flexibility index (Phi) is 8.43. The number of benzene rings is 1. The molecule has 1 atom stereocenters. The molecule has 1 fully saturated rings. The van der Waals surface area contributed by atoms with E-state index < -0.39 is 29.4 Å². The van der Waals surface area contributed by atoms with Crippen molar-refractivity contribution in [3.63, 3.8) is 0 Å². The van der Waals surface area contributed by atoms with Crippen LogP contribution in [0.25, 0.3) is 22.8 Å². The summed E-state index contributed by atoms with van der Waals surface area (Å²) >= 11 is 0. The molecule has 240 valence electrons. The summed E-state index contributed by atoms with van der Waals surface area (Å²) in [6, 6.07) is 3.86. The van der Waals surface area contributed by atoms with Crippen LogP contribution < -0.4 is 14.2 Å². The molecule has 45 heavy (non-hydrogen) atoms. The Morgan fingerprint density at radius 2 is 1.73 bits per heavy atom.